The van der Waals surface area contributed by atoms with Gasteiger partial charge in [-0.2, -0.15) is 13.2 Å². The summed E-state index contributed by atoms with van der Waals surface area (Å²) in [5.74, 6) is 0. The summed E-state index contributed by atoms with van der Waals surface area (Å²) in [7, 11) is 0. The molecule has 0 bridgehead atoms. The van der Waals surface area contributed by atoms with Gasteiger partial charge >= 0.3 is 6.18 Å². The molecule has 0 radical (unpaired) electrons. The number of alkyl halides is 3. The van der Waals surface area contributed by atoms with Gasteiger partial charge < -0.3 is 4.55 Å². The Labute approximate surface area is 85.6 Å². The number of nitrogens with one attached hydrogen (secondary N) is 1. The van der Waals surface area contributed by atoms with E-state index in [-0.39, 0.29) is 6.42 Å². The van der Waals surface area contributed by atoms with E-state index in [1.165, 1.54) is 6.92 Å². The first-order valence-corrected chi connectivity index (χ1v) is 5.48. The van der Waals surface area contributed by atoms with Crippen LogP contribution in [0, 0.1) is 0 Å². The van der Waals surface area contributed by atoms with Crippen LogP contribution in [0.25, 0.3) is 0 Å². The second-order valence-electron chi connectivity index (χ2n) is 4.00. The lowest BCUT2D eigenvalue weighted by molar-refractivity contribution is -0.151. The van der Waals surface area contributed by atoms with Crippen LogP contribution in [0.4, 0.5) is 13.2 Å². The number of hydrogen-bond acceptors (Lipinski definition) is 2. The Morgan fingerprint density at radius 3 is 1.93 bits per heavy atom. The number of hydrogen-bond donors (Lipinski definition) is 1. The molecule has 86 valence electrons. The van der Waals surface area contributed by atoms with Gasteiger partial charge in [-0.25, -0.2) is 0 Å². The summed E-state index contributed by atoms with van der Waals surface area (Å²) >= 11 is -1.68. The van der Waals surface area contributed by atoms with Crippen LogP contribution in [-0.4, -0.2) is 21.5 Å². The Morgan fingerprint density at radius 1 is 1.29 bits per heavy atom. The monoisotopic (exact) mass is 231 g/mol. The summed E-state index contributed by atoms with van der Waals surface area (Å²) in [5.41, 5.74) is 0. The maximum Gasteiger partial charge on any atom is 0.408 e. The van der Waals surface area contributed by atoms with E-state index in [2.05, 4.69) is 4.72 Å². The fourth-order valence-electron chi connectivity index (χ4n) is 0.688. The van der Waals surface area contributed by atoms with Crippen LogP contribution in [0.3, 0.4) is 0 Å². The predicted molar refractivity (Wildman–Crippen MR) is 51.2 cm³/mol. The molecule has 0 aliphatic heterocycles. The summed E-state index contributed by atoms with van der Waals surface area (Å²) in [4.78, 5) is 0. The second-order valence-corrected chi connectivity index (χ2v) is 6.00. The van der Waals surface area contributed by atoms with Crippen LogP contribution in [0.15, 0.2) is 0 Å². The van der Waals surface area contributed by atoms with Gasteiger partial charge in [-0.1, -0.05) is 6.92 Å². The van der Waals surface area contributed by atoms with E-state index >= 15 is 0 Å². The van der Waals surface area contributed by atoms with Crippen molar-refractivity contribution in [1.82, 2.24) is 4.72 Å². The van der Waals surface area contributed by atoms with Gasteiger partial charge in [0, 0.05) is 11.4 Å². The fourth-order valence-corrected chi connectivity index (χ4v) is 1.60. The molecule has 0 aliphatic carbocycles. The highest BCUT2D eigenvalue weighted by Crippen LogP contribution is 2.25. The van der Waals surface area contributed by atoms with E-state index < -0.39 is 28.3 Å². The predicted octanol–water partition coefficient (Wildman–Crippen LogP) is 2.38. The molecule has 0 saturated heterocycles. The lowest BCUT2D eigenvalue weighted by atomic mass is 10.2. The van der Waals surface area contributed by atoms with Gasteiger partial charge in [-0.05, 0) is 27.2 Å². The van der Waals surface area contributed by atoms with Gasteiger partial charge in [-0.3, -0.25) is 0 Å². The molecule has 2 atom stereocenters. The van der Waals surface area contributed by atoms with Crippen molar-refractivity contribution in [2.75, 3.05) is 0 Å². The molecule has 0 aromatic rings. The molecule has 1 unspecified atom stereocenters. The Kier molecular flexibility index (Phi) is 4.74. The van der Waals surface area contributed by atoms with Crippen molar-refractivity contribution in [3.63, 3.8) is 0 Å². The first kappa shape index (κ1) is 14.1. The van der Waals surface area contributed by atoms with E-state index in [1.54, 1.807) is 20.8 Å². The van der Waals surface area contributed by atoms with E-state index in [1.807, 2.05) is 0 Å². The molecule has 0 aromatic carbocycles. The van der Waals surface area contributed by atoms with Crippen molar-refractivity contribution in [2.24, 2.45) is 0 Å². The van der Waals surface area contributed by atoms with Gasteiger partial charge in [0.15, 0.2) is 0 Å². The first-order chi connectivity index (χ1) is 6.09. The van der Waals surface area contributed by atoms with E-state index in [0.29, 0.717) is 0 Å². The zero-order valence-electron chi connectivity index (χ0n) is 8.73. The highest BCUT2D eigenvalue weighted by atomic mass is 32.2. The van der Waals surface area contributed by atoms with Crippen molar-refractivity contribution in [3.05, 3.63) is 0 Å². The molecule has 0 amide bonds. The lowest BCUT2D eigenvalue weighted by Gasteiger charge is -2.28. The van der Waals surface area contributed by atoms with Gasteiger partial charge in [0.05, 0.1) is 0 Å². The molecule has 0 aliphatic rings. The van der Waals surface area contributed by atoms with Crippen molar-refractivity contribution >= 4 is 11.4 Å². The van der Waals surface area contributed by atoms with E-state index in [4.69, 9.17) is 0 Å². The Bertz CT molecular complexity index is 178. The third-order valence-electron chi connectivity index (χ3n) is 1.61. The zero-order chi connectivity index (χ0) is 11.6. The molecule has 0 saturated carbocycles. The van der Waals surface area contributed by atoms with Crippen LogP contribution >= 0.6 is 0 Å². The molecule has 0 fully saturated rings. The maximum atomic E-state index is 12.3. The van der Waals surface area contributed by atoms with Crippen molar-refractivity contribution in [1.29, 1.82) is 0 Å². The van der Waals surface area contributed by atoms with Crippen LogP contribution in [0.1, 0.15) is 34.1 Å². The molecule has 6 heteroatoms. The Morgan fingerprint density at radius 2 is 1.71 bits per heavy atom. The molecule has 0 aromatic heterocycles. The van der Waals surface area contributed by atoms with Crippen molar-refractivity contribution in [2.45, 2.75) is 51.1 Å². The highest BCUT2D eigenvalue weighted by molar-refractivity contribution is 7.90. The van der Waals surface area contributed by atoms with Crippen molar-refractivity contribution in [3.8, 4) is 0 Å². The molecule has 0 rings (SSSR count). The quantitative estimate of drug-likeness (QED) is 0.757. The van der Waals surface area contributed by atoms with Crippen molar-refractivity contribution < 1.29 is 17.7 Å². The molecular formula is C8H16F3NOS. The Balaban J connectivity index is 4.34. The van der Waals surface area contributed by atoms with Gasteiger partial charge in [0.25, 0.3) is 0 Å². The highest BCUT2D eigenvalue weighted by Gasteiger charge is 2.43. The summed E-state index contributed by atoms with van der Waals surface area (Å²) in [6.07, 6.45) is -4.46. The average Bonchev–Trinajstić information content (AvgIpc) is 1.95. The number of rotatable bonds is 3. The topological polar surface area (TPSA) is 35.1 Å². The summed E-state index contributed by atoms with van der Waals surface area (Å²) in [6, 6.07) is -1.69. The summed E-state index contributed by atoms with van der Waals surface area (Å²) in [5, 5.41) is 0. The van der Waals surface area contributed by atoms with E-state index in [0.717, 1.165) is 0 Å². The minimum Gasteiger partial charge on any atom is -0.598 e. The molecule has 0 spiro atoms. The molecule has 1 N–H and O–H groups in total. The minimum absolute atomic E-state index is 0.120. The van der Waals surface area contributed by atoms with Crippen LogP contribution in [0.5, 0.6) is 0 Å². The first-order valence-electron chi connectivity index (χ1n) is 4.33. The summed E-state index contributed by atoms with van der Waals surface area (Å²) < 4.78 is 49.6. The standard InChI is InChI=1S/C8H16F3NOS/c1-5-6(8(9,10)11)12-14(13)7(2,3)4/h6,12H,5H2,1-4H3/t6-,14?/m0/s1. The largest absolute Gasteiger partial charge is 0.598 e. The van der Waals surface area contributed by atoms with Gasteiger partial charge in [0.1, 0.15) is 10.8 Å². The van der Waals surface area contributed by atoms with E-state index in [9.17, 15) is 17.7 Å². The summed E-state index contributed by atoms with van der Waals surface area (Å²) in [6.45, 7) is 6.28. The average molecular weight is 231 g/mol. The SMILES string of the molecule is CC[C@H](N[S+]([O-])C(C)(C)C)C(F)(F)F. The number of halogens is 3. The minimum atomic E-state index is -4.34. The maximum absolute atomic E-state index is 12.3. The van der Waals surface area contributed by atoms with Gasteiger partial charge in [0.2, 0.25) is 0 Å². The smallest absolute Gasteiger partial charge is 0.408 e. The van der Waals surface area contributed by atoms with Crippen LogP contribution < -0.4 is 4.72 Å². The molecule has 2 nitrogen and oxygen atoms in total. The lowest BCUT2D eigenvalue weighted by Crippen LogP contribution is -2.50. The third-order valence-corrected chi connectivity index (χ3v) is 3.22. The zero-order valence-corrected chi connectivity index (χ0v) is 9.55. The van der Waals surface area contributed by atoms with Gasteiger partial charge in [-0.15, -0.1) is 4.72 Å². The fraction of sp³-hybridized carbons (Fsp3) is 1.00. The molecule has 14 heavy (non-hydrogen) atoms. The Hall–Kier alpha value is 0.0600. The van der Waals surface area contributed by atoms with Crippen LogP contribution in [0.2, 0.25) is 0 Å². The normalized spacial score (nSPS) is 18.0. The molecule has 0 heterocycles. The second kappa shape index (κ2) is 4.72. The van der Waals surface area contributed by atoms with Crippen LogP contribution in [-0.2, 0) is 11.4 Å². The third kappa shape index (κ3) is 4.52. The molecular weight excluding hydrogens is 215 g/mol.